The predicted molar refractivity (Wildman–Crippen MR) is 68.7 cm³/mol. The number of amides is 1. The lowest BCUT2D eigenvalue weighted by Crippen LogP contribution is -2.43. The minimum absolute atomic E-state index is 0.0705. The first kappa shape index (κ1) is 14.8. The van der Waals surface area contributed by atoms with E-state index in [9.17, 15) is 18.0 Å². The van der Waals surface area contributed by atoms with Crippen LogP contribution in [0.5, 0.6) is 0 Å². The Labute approximate surface area is 115 Å². The van der Waals surface area contributed by atoms with Gasteiger partial charge in [-0.15, -0.1) is 0 Å². The van der Waals surface area contributed by atoms with Gasteiger partial charge in [-0.2, -0.15) is 13.2 Å². The number of hydrogen-bond donors (Lipinski definition) is 1. The van der Waals surface area contributed by atoms with Crippen LogP contribution < -0.4 is 5.43 Å². The van der Waals surface area contributed by atoms with E-state index in [1.165, 1.54) is 6.07 Å². The summed E-state index contributed by atoms with van der Waals surface area (Å²) in [5, 5.41) is 0.980. The number of nitrogens with one attached hydrogen (secondary N) is 1. The van der Waals surface area contributed by atoms with Crippen LogP contribution in [-0.2, 0) is 11.2 Å². The Morgan fingerprint density at radius 1 is 1.40 bits per heavy atom. The summed E-state index contributed by atoms with van der Waals surface area (Å²) in [6, 6.07) is 4.71. The van der Waals surface area contributed by atoms with Gasteiger partial charge in [-0.05, 0) is 17.5 Å². The third kappa shape index (κ3) is 3.30. The minimum atomic E-state index is -4.43. The molecule has 1 fully saturated rings. The van der Waals surface area contributed by atoms with Crippen LogP contribution in [0.3, 0.4) is 0 Å². The topological polar surface area (TPSA) is 32.3 Å². The number of carbonyl (C=O) groups excluding carboxylic acids is 1. The van der Waals surface area contributed by atoms with E-state index in [0.717, 1.165) is 23.4 Å². The van der Waals surface area contributed by atoms with Crippen LogP contribution in [0, 0.1) is 0 Å². The summed E-state index contributed by atoms with van der Waals surface area (Å²) in [6.45, 7) is 2.05. The quantitative estimate of drug-likeness (QED) is 0.923. The molecule has 6 heteroatoms. The first-order valence-electron chi connectivity index (χ1n) is 6.63. The number of rotatable bonds is 4. The van der Waals surface area contributed by atoms with Gasteiger partial charge in [-0.3, -0.25) is 10.2 Å². The second-order valence-corrected chi connectivity index (χ2v) is 4.92. The molecular weight excluding hydrogens is 269 g/mol. The largest absolute Gasteiger partial charge is 0.409 e. The monoisotopic (exact) mass is 286 g/mol. The summed E-state index contributed by atoms with van der Waals surface area (Å²) < 4.78 is 39.9. The fourth-order valence-corrected chi connectivity index (χ4v) is 2.44. The van der Waals surface area contributed by atoms with Gasteiger partial charge in [0.15, 0.2) is 0 Å². The van der Waals surface area contributed by atoms with Crippen molar-refractivity contribution in [2.45, 2.75) is 38.4 Å². The van der Waals surface area contributed by atoms with Crippen LogP contribution in [0.25, 0.3) is 0 Å². The molecule has 1 atom stereocenters. The third-order valence-corrected chi connectivity index (χ3v) is 3.28. The van der Waals surface area contributed by atoms with Crippen LogP contribution in [-0.4, -0.2) is 23.6 Å². The van der Waals surface area contributed by atoms with Crippen LogP contribution in [0.15, 0.2) is 24.3 Å². The highest BCUT2D eigenvalue weighted by Crippen LogP contribution is 2.38. The Morgan fingerprint density at radius 3 is 2.70 bits per heavy atom. The van der Waals surface area contributed by atoms with Crippen molar-refractivity contribution in [3.63, 3.8) is 0 Å². The third-order valence-electron chi connectivity index (χ3n) is 3.28. The lowest BCUT2D eigenvalue weighted by molar-refractivity contribution is -0.191. The fraction of sp³-hybridized carbons (Fsp3) is 0.500. The molecule has 1 amide bonds. The Morgan fingerprint density at radius 2 is 2.15 bits per heavy atom. The first-order valence-corrected chi connectivity index (χ1v) is 6.63. The molecule has 3 nitrogen and oxygen atoms in total. The normalized spacial score (nSPS) is 18.1. The molecule has 1 aliphatic heterocycles. The number of aryl methyl sites for hydroxylation is 1. The van der Waals surface area contributed by atoms with E-state index in [1.54, 1.807) is 12.1 Å². The maximum Gasteiger partial charge on any atom is 0.409 e. The van der Waals surface area contributed by atoms with Crippen LogP contribution >= 0.6 is 0 Å². The van der Waals surface area contributed by atoms with Crippen molar-refractivity contribution in [2.24, 2.45) is 0 Å². The number of benzene rings is 1. The second-order valence-electron chi connectivity index (χ2n) is 4.92. The van der Waals surface area contributed by atoms with Gasteiger partial charge in [0.2, 0.25) is 5.91 Å². The molecule has 110 valence electrons. The van der Waals surface area contributed by atoms with Crippen LogP contribution in [0.2, 0.25) is 0 Å². The Balaban J connectivity index is 2.31. The molecular formula is C14H17F3N2O. The van der Waals surface area contributed by atoms with Crippen molar-refractivity contribution in [3.8, 4) is 0 Å². The summed E-state index contributed by atoms with van der Waals surface area (Å²) in [4.78, 5) is 11.2. The van der Waals surface area contributed by atoms with E-state index in [2.05, 4.69) is 5.43 Å². The highest BCUT2D eigenvalue weighted by Gasteiger charge is 2.46. The summed E-state index contributed by atoms with van der Waals surface area (Å²) in [5.41, 5.74) is 3.34. The molecule has 1 aromatic rings. The van der Waals surface area contributed by atoms with Crippen molar-refractivity contribution in [1.82, 2.24) is 10.4 Å². The zero-order chi connectivity index (χ0) is 14.8. The molecule has 1 saturated heterocycles. The van der Waals surface area contributed by atoms with Gasteiger partial charge in [-0.25, -0.2) is 5.01 Å². The summed E-state index contributed by atoms with van der Waals surface area (Å²) in [6.07, 6.45) is -2.71. The molecule has 0 spiro atoms. The lowest BCUT2D eigenvalue weighted by atomic mass is 10.0. The second kappa shape index (κ2) is 5.83. The van der Waals surface area contributed by atoms with Crippen molar-refractivity contribution in [1.29, 1.82) is 0 Å². The molecule has 1 N–H and O–H groups in total. The predicted octanol–water partition coefficient (Wildman–Crippen LogP) is 2.98. The molecule has 1 heterocycles. The van der Waals surface area contributed by atoms with Gasteiger partial charge in [-0.1, -0.05) is 37.6 Å². The highest BCUT2D eigenvalue weighted by molar-refractivity contribution is 5.77. The summed E-state index contributed by atoms with van der Waals surface area (Å²) in [5.74, 6) is -0.371. The maximum atomic E-state index is 13.3. The standard InChI is InChI=1S/C14H17F3N2O/c1-2-4-10-5-3-6-11(9-10)13(14(15,16)17)19-8-7-12(20)18-19/h3,5-6,9,13H,2,4,7-8H2,1H3,(H,18,20)/t13-/m0/s1. The smallest absolute Gasteiger partial charge is 0.288 e. The van der Waals surface area contributed by atoms with Crippen molar-refractivity contribution in [3.05, 3.63) is 35.4 Å². The van der Waals surface area contributed by atoms with Crippen molar-refractivity contribution in [2.75, 3.05) is 6.54 Å². The van der Waals surface area contributed by atoms with Gasteiger partial charge in [0.25, 0.3) is 0 Å². The van der Waals surface area contributed by atoms with E-state index in [1.807, 2.05) is 13.0 Å². The van der Waals surface area contributed by atoms with E-state index in [-0.39, 0.29) is 24.4 Å². The molecule has 1 aromatic carbocycles. The molecule has 20 heavy (non-hydrogen) atoms. The van der Waals surface area contributed by atoms with Gasteiger partial charge >= 0.3 is 6.18 Å². The SMILES string of the molecule is CCCc1cccc([C@H](N2CCC(=O)N2)C(F)(F)F)c1. The van der Waals surface area contributed by atoms with Gasteiger partial charge < -0.3 is 0 Å². The number of halogens is 3. The Bertz CT molecular complexity index is 488. The molecule has 1 aliphatic rings. The first-order chi connectivity index (χ1) is 9.41. The van der Waals surface area contributed by atoms with Gasteiger partial charge in [0.1, 0.15) is 6.04 Å². The van der Waals surface area contributed by atoms with Crippen molar-refractivity contribution < 1.29 is 18.0 Å². The number of carbonyl (C=O) groups is 1. The van der Waals surface area contributed by atoms with E-state index >= 15 is 0 Å². The van der Waals surface area contributed by atoms with Crippen LogP contribution in [0.1, 0.15) is 36.9 Å². The summed E-state index contributed by atoms with van der Waals surface area (Å²) in [7, 11) is 0. The lowest BCUT2D eigenvalue weighted by Gasteiger charge is -2.29. The fourth-order valence-electron chi connectivity index (χ4n) is 2.44. The van der Waals surface area contributed by atoms with Crippen molar-refractivity contribution >= 4 is 5.91 Å². The summed E-state index contributed by atoms with van der Waals surface area (Å²) >= 11 is 0. The Hall–Kier alpha value is -1.56. The molecule has 0 saturated carbocycles. The highest BCUT2D eigenvalue weighted by atomic mass is 19.4. The van der Waals surface area contributed by atoms with Gasteiger partial charge in [0, 0.05) is 13.0 Å². The molecule has 0 bridgehead atoms. The van der Waals surface area contributed by atoms with Crippen LogP contribution in [0.4, 0.5) is 13.2 Å². The van der Waals surface area contributed by atoms with E-state index in [0.29, 0.717) is 0 Å². The molecule has 2 rings (SSSR count). The number of hydrazine groups is 1. The maximum absolute atomic E-state index is 13.3. The zero-order valence-corrected chi connectivity index (χ0v) is 11.2. The average molecular weight is 286 g/mol. The zero-order valence-electron chi connectivity index (χ0n) is 11.2. The molecule has 0 radical (unpaired) electrons. The number of nitrogens with zero attached hydrogens (tertiary/aromatic N) is 1. The van der Waals surface area contributed by atoms with E-state index < -0.39 is 12.2 Å². The Kier molecular flexibility index (Phi) is 4.32. The molecule has 0 unspecified atom stereocenters. The molecule has 0 aromatic heterocycles. The average Bonchev–Trinajstić information content (AvgIpc) is 2.75. The van der Waals surface area contributed by atoms with Gasteiger partial charge in [0.05, 0.1) is 0 Å². The minimum Gasteiger partial charge on any atom is -0.288 e. The number of hydrogen-bond acceptors (Lipinski definition) is 2. The molecule has 0 aliphatic carbocycles. The van der Waals surface area contributed by atoms with E-state index in [4.69, 9.17) is 0 Å². The number of alkyl halides is 3.